The van der Waals surface area contributed by atoms with E-state index in [1.54, 1.807) is 33.9 Å². The van der Waals surface area contributed by atoms with Crippen molar-refractivity contribution in [3.8, 4) is 0 Å². The van der Waals surface area contributed by atoms with Crippen molar-refractivity contribution in [2.75, 3.05) is 33.3 Å². The van der Waals surface area contributed by atoms with Crippen LogP contribution in [-0.2, 0) is 19.1 Å². The molecule has 6 atom stereocenters. The van der Waals surface area contributed by atoms with E-state index in [9.17, 15) is 19.5 Å². The molecular formula is C26H41N3O5. The van der Waals surface area contributed by atoms with Crippen LogP contribution < -0.4 is 0 Å². The third kappa shape index (κ3) is 3.79. The largest absolute Gasteiger partial charge is 0.396 e. The minimum atomic E-state index is -1.09. The summed E-state index contributed by atoms with van der Waals surface area (Å²) in [7, 11) is 1.70. The molecule has 3 aliphatic heterocycles. The fraction of sp³-hybridized carbons (Fsp3) is 0.731. The molecule has 3 amide bonds. The Bertz CT molecular complexity index is 867. The van der Waals surface area contributed by atoms with Crippen LogP contribution in [0.2, 0.25) is 0 Å². The number of rotatable bonds is 9. The zero-order valence-corrected chi connectivity index (χ0v) is 21.5. The summed E-state index contributed by atoms with van der Waals surface area (Å²) >= 11 is 0. The maximum absolute atomic E-state index is 14.2. The van der Waals surface area contributed by atoms with Crippen molar-refractivity contribution < 1.29 is 24.2 Å². The summed E-state index contributed by atoms with van der Waals surface area (Å²) in [6, 6.07) is -0.859. The van der Waals surface area contributed by atoms with Crippen molar-refractivity contribution in [3.05, 3.63) is 25.3 Å². The third-order valence-electron chi connectivity index (χ3n) is 8.04. The lowest BCUT2D eigenvalue weighted by atomic mass is 9.62. The van der Waals surface area contributed by atoms with Gasteiger partial charge in [0.2, 0.25) is 17.7 Å². The summed E-state index contributed by atoms with van der Waals surface area (Å²) in [5.74, 6) is -2.05. The highest BCUT2D eigenvalue weighted by molar-refractivity contribution is 5.99. The highest BCUT2D eigenvalue weighted by atomic mass is 16.5. The van der Waals surface area contributed by atoms with Crippen molar-refractivity contribution in [1.29, 1.82) is 0 Å². The molecule has 190 valence electrons. The predicted octanol–water partition coefficient (Wildman–Crippen LogP) is 1.84. The number of likely N-dealkylation sites (tertiary alicyclic amines) is 1. The topological polar surface area (TPSA) is 90.4 Å². The number of nitrogens with zero attached hydrogens (tertiary/aromatic N) is 3. The molecule has 3 fully saturated rings. The predicted molar refractivity (Wildman–Crippen MR) is 130 cm³/mol. The van der Waals surface area contributed by atoms with E-state index >= 15 is 0 Å². The van der Waals surface area contributed by atoms with Gasteiger partial charge in [-0.25, -0.2) is 0 Å². The molecule has 0 aromatic carbocycles. The molecule has 3 saturated heterocycles. The van der Waals surface area contributed by atoms with E-state index in [1.807, 2.05) is 34.6 Å². The van der Waals surface area contributed by atoms with Gasteiger partial charge >= 0.3 is 0 Å². The van der Waals surface area contributed by atoms with Crippen molar-refractivity contribution in [2.24, 2.45) is 17.8 Å². The third-order valence-corrected chi connectivity index (χ3v) is 8.04. The first-order valence-corrected chi connectivity index (χ1v) is 12.2. The van der Waals surface area contributed by atoms with Crippen LogP contribution in [0.25, 0.3) is 0 Å². The van der Waals surface area contributed by atoms with Crippen LogP contribution in [0.4, 0.5) is 0 Å². The average Bonchev–Trinajstić information content (AvgIpc) is 3.25. The summed E-state index contributed by atoms with van der Waals surface area (Å²) in [6.07, 6.45) is 4.20. The van der Waals surface area contributed by atoms with Gasteiger partial charge in [0.05, 0.1) is 17.4 Å². The van der Waals surface area contributed by atoms with E-state index in [0.717, 1.165) is 0 Å². The molecule has 2 bridgehead atoms. The Hall–Kier alpha value is -2.19. The first-order chi connectivity index (χ1) is 15.8. The fourth-order valence-corrected chi connectivity index (χ4v) is 6.37. The molecule has 0 saturated carbocycles. The molecule has 1 spiro atoms. The Morgan fingerprint density at radius 3 is 2.38 bits per heavy atom. The van der Waals surface area contributed by atoms with E-state index < -0.39 is 34.6 Å². The Balaban J connectivity index is 2.14. The lowest BCUT2D eigenvalue weighted by molar-refractivity contribution is -0.156. The average molecular weight is 476 g/mol. The zero-order chi connectivity index (χ0) is 25.6. The summed E-state index contributed by atoms with van der Waals surface area (Å²) in [5, 5.41) is 9.50. The number of amides is 3. The lowest BCUT2D eigenvalue weighted by Crippen LogP contribution is -2.60. The second-order valence-corrected chi connectivity index (χ2v) is 11.2. The van der Waals surface area contributed by atoms with Crippen LogP contribution >= 0.6 is 0 Å². The monoisotopic (exact) mass is 475 g/mol. The molecular weight excluding hydrogens is 434 g/mol. The van der Waals surface area contributed by atoms with Gasteiger partial charge in [-0.05, 0) is 46.5 Å². The fourth-order valence-electron chi connectivity index (χ4n) is 6.37. The second kappa shape index (κ2) is 9.11. The molecule has 3 heterocycles. The number of fused-ring (bicyclic) bond motifs is 1. The number of aliphatic hydroxyl groups is 1. The van der Waals surface area contributed by atoms with Crippen LogP contribution in [0.1, 0.15) is 47.5 Å². The summed E-state index contributed by atoms with van der Waals surface area (Å²) in [5.41, 5.74) is -2.44. The first kappa shape index (κ1) is 26.4. The van der Waals surface area contributed by atoms with Gasteiger partial charge in [0, 0.05) is 38.8 Å². The molecule has 0 aromatic rings. The van der Waals surface area contributed by atoms with E-state index in [0.29, 0.717) is 25.9 Å². The number of hydrogen-bond donors (Lipinski definition) is 1. The molecule has 0 radical (unpaired) electrons. The van der Waals surface area contributed by atoms with Gasteiger partial charge in [0.15, 0.2) is 0 Å². The van der Waals surface area contributed by atoms with E-state index in [1.165, 1.54) is 0 Å². The van der Waals surface area contributed by atoms with Crippen LogP contribution in [0, 0.1) is 17.8 Å². The SMILES string of the molecule is C=CCN(C)C(=O)[C@@H]1[C@H]2C(=O)N(CCCO)C(C(=O)N(CC=C)C(C)(C)C)C23CC(C)[C@@]1(C)O3. The van der Waals surface area contributed by atoms with Crippen LogP contribution in [0.5, 0.6) is 0 Å². The Labute approximate surface area is 203 Å². The highest BCUT2D eigenvalue weighted by Gasteiger charge is 2.80. The quantitative estimate of drug-likeness (QED) is 0.514. The molecule has 0 aliphatic carbocycles. The number of carbonyl (C=O) groups is 3. The number of likely N-dealkylation sites (N-methyl/N-ethyl adjacent to an activating group) is 1. The van der Waals surface area contributed by atoms with Crippen molar-refractivity contribution in [3.63, 3.8) is 0 Å². The number of ether oxygens (including phenoxy) is 1. The molecule has 3 rings (SSSR count). The smallest absolute Gasteiger partial charge is 0.249 e. The molecule has 1 N–H and O–H groups in total. The van der Waals surface area contributed by atoms with Gasteiger partial charge in [-0.1, -0.05) is 19.1 Å². The number of carbonyl (C=O) groups excluding carboxylic acids is 3. The first-order valence-electron chi connectivity index (χ1n) is 12.2. The zero-order valence-electron chi connectivity index (χ0n) is 21.5. The van der Waals surface area contributed by atoms with E-state index in [-0.39, 0.29) is 36.8 Å². The van der Waals surface area contributed by atoms with Gasteiger partial charge in [-0.15, -0.1) is 13.2 Å². The van der Waals surface area contributed by atoms with Gasteiger partial charge in [0.1, 0.15) is 11.6 Å². The minimum Gasteiger partial charge on any atom is -0.396 e. The van der Waals surface area contributed by atoms with E-state index in [2.05, 4.69) is 13.2 Å². The Kier molecular flexibility index (Phi) is 7.08. The molecule has 3 aliphatic rings. The lowest BCUT2D eigenvalue weighted by Gasteiger charge is -2.42. The van der Waals surface area contributed by atoms with Crippen molar-refractivity contribution in [1.82, 2.24) is 14.7 Å². The van der Waals surface area contributed by atoms with Crippen LogP contribution in [-0.4, -0.2) is 93.6 Å². The van der Waals surface area contributed by atoms with Crippen LogP contribution in [0.3, 0.4) is 0 Å². The summed E-state index contributed by atoms with van der Waals surface area (Å²) in [6.45, 7) is 18.2. The van der Waals surface area contributed by atoms with Gasteiger partial charge < -0.3 is 24.5 Å². The van der Waals surface area contributed by atoms with Crippen molar-refractivity contribution >= 4 is 17.7 Å². The van der Waals surface area contributed by atoms with Crippen LogP contribution in [0.15, 0.2) is 25.3 Å². The molecule has 3 unspecified atom stereocenters. The Morgan fingerprint density at radius 1 is 1.24 bits per heavy atom. The minimum absolute atomic E-state index is 0.0155. The molecule has 8 heteroatoms. The normalized spacial score (nSPS) is 34.2. The Morgan fingerprint density at radius 2 is 1.85 bits per heavy atom. The number of hydrogen-bond acceptors (Lipinski definition) is 5. The summed E-state index contributed by atoms with van der Waals surface area (Å²) in [4.78, 5) is 46.6. The van der Waals surface area contributed by atoms with E-state index in [4.69, 9.17) is 4.74 Å². The van der Waals surface area contributed by atoms with Gasteiger partial charge in [-0.2, -0.15) is 0 Å². The number of aliphatic hydroxyl groups excluding tert-OH is 1. The molecule has 8 nitrogen and oxygen atoms in total. The van der Waals surface area contributed by atoms with Crippen molar-refractivity contribution in [2.45, 2.75) is 70.2 Å². The summed E-state index contributed by atoms with van der Waals surface area (Å²) < 4.78 is 6.73. The standard InChI is InChI=1S/C26H41N3O5/c1-9-12-27(8)21(31)18-19-22(32)28(14-11-15-30)20(23(33)29(13-10-2)24(4,5)6)26(19)16-17(3)25(18,7)34-26/h9-10,17-20,30H,1-2,11-16H2,3-8H3/t17?,18-,19-,20?,25+,26?/m0/s1. The molecule has 34 heavy (non-hydrogen) atoms. The second-order valence-electron chi connectivity index (χ2n) is 11.2. The molecule has 0 aromatic heterocycles. The highest BCUT2D eigenvalue weighted by Crippen LogP contribution is 2.65. The van der Waals surface area contributed by atoms with Gasteiger partial charge in [-0.3, -0.25) is 14.4 Å². The van der Waals surface area contributed by atoms with Gasteiger partial charge in [0.25, 0.3) is 0 Å². The maximum Gasteiger partial charge on any atom is 0.249 e. The maximum atomic E-state index is 14.2.